The highest BCUT2D eigenvalue weighted by Gasteiger charge is 2.74. The maximum atomic E-state index is 14.4. The van der Waals surface area contributed by atoms with Gasteiger partial charge < -0.3 is 29.2 Å². The predicted octanol–water partition coefficient (Wildman–Crippen LogP) is 4.49. The zero-order valence-corrected chi connectivity index (χ0v) is 29.0. The molecule has 0 spiro atoms. The fourth-order valence-corrected chi connectivity index (χ4v) is 7.35. The van der Waals surface area contributed by atoms with E-state index in [-0.39, 0.29) is 44.0 Å². The summed E-state index contributed by atoms with van der Waals surface area (Å²) < 4.78 is 52.0. The van der Waals surface area contributed by atoms with Gasteiger partial charge in [-0.2, -0.15) is 10.2 Å². The van der Waals surface area contributed by atoms with Crippen molar-refractivity contribution in [2.24, 2.45) is 0 Å². The number of hydrogen-bond donors (Lipinski definition) is 2. The van der Waals surface area contributed by atoms with Gasteiger partial charge in [0.1, 0.15) is 29.2 Å². The van der Waals surface area contributed by atoms with Crippen LogP contribution in [0, 0.1) is 0 Å². The Hall–Kier alpha value is -4.04. The van der Waals surface area contributed by atoms with Gasteiger partial charge in [-0.15, -0.1) is 0 Å². The van der Waals surface area contributed by atoms with Gasteiger partial charge in [-0.05, 0) is 51.0 Å². The molecule has 1 aliphatic rings. The number of nitrogens with one attached hydrogen (secondary N) is 1. The number of ether oxygens (including phenoxy) is 4. The number of carbonyl (C=O) groups is 3. The standard InChI is InChI=1S/C32H44N5O10P/c1-7-18-42-29(40)22(5)36-48(41,47-23-14-12-11-13-15-23)44-19-30(6)32(10-4,46-27(39)9-3)31(20-43-30,45-26(38)8-2)25-17-16-24-28(33)34-21-35-37(24)25/h11-17,21-22H,7-10,18-20H2,1-6H3,(H,36,41)(H2,33,34,35)/t22-,30+,31?,32+,48+/m0/s1. The molecule has 0 saturated carbocycles. The molecule has 1 unspecified atom stereocenters. The SMILES string of the molecule is CCCOC(=O)[C@H](C)N[P@@](=O)(OC[C@@]1(C)OCC(OC(=O)CC)(c2ccc3c(N)ncnn23)[C@]1(CC)OC(=O)CC)Oc1ccccc1. The molecule has 0 radical (unpaired) electrons. The Morgan fingerprint density at radius 2 is 1.75 bits per heavy atom. The Kier molecular flexibility index (Phi) is 11.5. The highest BCUT2D eigenvalue weighted by molar-refractivity contribution is 7.52. The number of rotatable bonds is 16. The second-order valence-electron chi connectivity index (χ2n) is 11.5. The van der Waals surface area contributed by atoms with Crippen molar-refractivity contribution in [1.82, 2.24) is 19.7 Å². The molecular formula is C32H44N5O10P. The molecule has 5 atom stereocenters. The van der Waals surface area contributed by atoms with Crippen LogP contribution in [0.25, 0.3) is 5.52 Å². The van der Waals surface area contributed by atoms with Crippen LogP contribution >= 0.6 is 7.75 Å². The summed E-state index contributed by atoms with van der Waals surface area (Å²) in [5.74, 6) is -1.52. The summed E-state index contributed by atoms with van der Waals surface area (Å²) in [5, 5.41) is 7.02. The molecule has 1 aliphatic heterocycles. The average Bonchev–Trinajstić information content (AvgIpc) is 3.62. The lowest BCUT2D eigenvalue weighted by atomic mass is 9.70. The van der Waals surface area contributed by atoms with Crippen molar-refractivity contribution in [2.45, 2.75) is 90.1 Å². The average molecular weight is 690 g/mol. The van der Waals surface area contributed by atoms with Crippen molar-refractivity contribution in [3.63, 3.8) is 0 Å². The highest BCUT2D eigenvalue weighted by Crippen LogP contribution is 2.57. The van der Waals surface area contributed by atoms with E-state index in [0.29, 0.717) is 17.6 Å². The molecule has 1 fully saturated rings. The van der Waals surface area contributed by atoms with Crippen LogP contribution in [0.2, 0.25) is 0 Å². The monoisotopic (exact) mass is 689 g/mol. The van der Waals surface area contributed by atoms with Crippen molar-refractivity contribution < 1.29 is 46.9 Å². The number of nitrogens with zero attached hydrogens (tertiary/aromatic N) is 3. The summed E-state index contributed by atoms with van der Waals surface area (Å²) in [6.07, 6.45) is 1.86. The molecule has 16 heteroatoms. The molecule has 15 nitrogen and oxygen atoms in total. The Morgan fingerprint density at radius 3 is 2.40 bits per heavy atom. The van der Waals surface area contributed by atoms with Gasteiger partial charge in [0.15, 0.2) is 11.4 Å². The zero-order chi connectivity index (χ0) is 35.2. The Bertz CT molecular complexity index is 1650. The second kappa shape index (κ2) is 15.0. The van der Waals surface area contributed by atoms with E-state index in [1.54, 1.807) is 70.2 Å². The number of nitrogens with two attached hydrogens (primary N) is 1. The lowest BCUT2D eigenvalue weighted by molar-refractivity contribution is -0.227. The number of carbonyl (C=O) groups excluding carboxylic acids is 3. The van der Waals surface area contributed by atoms with Crippen LogP contribution in [0.15, 0.2) is 48.8 Å². The number of hydrogen-bond acceptors (Lipinski definition) is 13. The number of esters is 3. The zero-order valence-electron chi connectivity index (χ0n) is 28.1. The highest BCUT2D eigenvalue weighted by atomic mass is 31.2. The van der Waals surface area contributed by atoms with E-state index < -0.39 is 55.1 Å². The minimum Gasteiger partial charge on any atom is -0.465 e. The van der Waals surface area contributed by atoms with E-state index in [2.05, 4.69) is 15.2 Å². The van der Waals surface area contributed by atoms with Gasteiger partial charge in [0.05, 0.1) is 25.5 Å². The molecule has 262 valence electrons. The molecule has 4 rings (SSSR count). The maximum Gasteiger partial charge on any atom is 0.459 e. The van der Waals surface area contributed by atoms with E-state index in [1.807, 2.05) is 6.92 Å². The van der Waals surface area contributed by atoms with Crippen LogP contribution in [-0.4, -0.2) is 69.6 Å². The van der Waals surface area contributed by atoms with Crippen molar-refractivity contribution in [2.75, 3.05) is 25.6 Å². The summed E-state index contributed by atoms with van der Waals surface area (Å²) in [6.45, 7) is 9.27. The van der Waals surface area contributed by atoms with Crippen LogP contribution in [0.4, 0.5) is 5.82 Å². The van der Waals surface area contributed by atoms with Crippen molar-refractivity contribution in [3.05, 3.63) is 54.5 Å². The van der Waals surface area contributed by atoms with Crippen LogP contribution in [0.1, 0.15) is 72.9 Å². The summed E-state index contributed by atoms with van der Waals surface area (Å²) in [5.41, 5.74) is 1.66. The normalized spacial score (nSPS) is 24.0. The van der Waals surface area contributed by atoms with Gasteiger partial charge in [0.25, 0.3) is 0 Å². The van der Waals surface area contributed by atoms with Gasteiger partial charge in [-0.25, -0.2) is 14.1 Å². The summed E-state index contributed by atoms with van der Waals surface area (Å²) >= 11 is 0. The number of nitrogen functional groups attached to an aromatic ring is 1. The maximum absolute atomic E-state index is 14.4. The Morgan fingerprint density at radius 1 is 1.06 bits per heavy atom. The molecule has 3 N–H and O–H groups in total. The number of aromatic nitrogens is 3. The van der Waals surface area contributed by atoms with Crippen LogP contribution < -0.4 is 15.3 Å². The van der Waals surface area contributed by atoms with Gasteiger partial charge in [-0.3, -0.25) is 18.9 Å². The molecular weight excluding hydrogens is 645 g/mol. The molecule has 1 aromatic carbocycles. The molecule has 3 aromatic rings. The molecule has 0 amide bonds. The first-order valence-corrected chi connectivity index (χ1v) is 17.5. The fraction of sp³-hybridized carbons (Fsp3) is 0.531. The minimum absolute atomic E-state index is 0.00697. The van der Waals surface area contributed by atoms with E-state index in [0.717, 1.165) is 0 Å². The summed E-state index contributed by atoms with van der Waals surface area (Å²) in [7, 11) is -4.39. The smallest absolute Gasteiger partial charge is 0.459 e. The largest absolute Gasteiger partial charge is 0.465 e. The third-order valence-electron chi connectivity index (χ3n) is 8.28. The number of para-hydroxylation sites is 1. The third-order valence-corrected chi connectivity index (χ3v) is 9.90. The van der Waals surface area contributed by atoms with E-state index in [1.165, 1.54) is 17.8 Å². The molecule has 2 aromatic heterocycles. The van der Waals surface area contributed by atoms with Gasteiger partial charge in [0.2, 0.25) is 5.60 Å². The van der Waals surface area contributed by atoms with E-state index in [9.17, 15) is 18.9 Å². The quantitative estimate of drug-likeness (QED) is 0.121. The van der Waals surface area contributed by atoms with Crippen LogP contribution in [0.5, 0.6) is 5.75 Å². The Labute approximate surface area is 279 Å². The summed E-state index contributed by atoms with van der Waals surface area (Å²) in [6, 6.07) is 10.5. The van der Waals surface area contributed by atoms with Gasteiger partial charge >= 0.3 is 25.7 Å². The van der Waals surface area contributed by atoms with Crippen LogP contribution in [-0.2, 0) is 48.0 Å². The molecule has 0 bridgehead atoms. The molecule has 48 heavy (non-hydrogen) atoms. The molecule has 0 aliphatic carbocycles. The first kappa shape index (κ1) is 36.8. The predicted molar refractivity (Wildman–Crippen MR) is 174 cm³/mol. The van der Waals surface area contributed by atoms with Crippen molar-refractivity contribution in [3.8, 4) is 5.75 Å². The molecule has 3 heterocycles. The topological polar surface area (TPSA) is 192 Å². The second-order valence-corrected chi connectivity index (χ2v) is 13.2. The first-order chi connectivity index (χ1) is 22.8. The fourth-order valence-electron chi connectivity index (χ4n) is 5.77. The first-order valence-electron chi connectivity index (χ1n) is 15.9. The number of anilines is 1. The van der Waals surface area contributed by atoms with E-state index >= 15 is 0 Å². The number of fused-ring (bicyclic) bond motifs is 1. The van der Waals surface area contributed by atoms with Gasteiger partial charge in [0, 0.05) is 12.8 Å². The lowest BCUT2D eigenvalue weighted by Crippen LogP contribution is -2.65. The minimum atomic E-state index is -4.39. The van der Waals surface area contributed by atoms with Crippen LogP contribution in [0.3, 0.4) is 0 Å². The number of benzene rings is 1. The molecule has 1 saturated heterocycles. The lowest BCUT2D eigenvalue weighted by Gasteiger charge is -2.48. The van der Waals surface area contributed by atoms with Gasteiger partial charge in [-0.1, -0.05) is 45.9 Å². The van der Waals surface area contributed by atoms with Crippen molar-refractivity contribution >= 4 is 37.0 Å². The third kappa shape index (κ3) is 7.05. The van der Waals surface area contributed by atoms with Crippen molar-refractivity contribution in [1.29, 1.82) is 0 Å². The Balaban J connectivity index is 1.83. The summed E-state index contributed by atoms with van der Waals surface area (Å²) in [4.78, 5) is 43.2. The van der Waals surface area contributed by atoms with E-state index in [4.69, 9.17) is 33.7 Å².